The van der Waals surface area contributed by atoms with Crippen molar-refractivity contribution < 1.29 is 14.3 Å². The average Bonchev–Trinajstić information content (AvgIpc) is 2.62. The summed E-state index contributed by atoms with van der Waals surface area (Å²) in [6.45, 7) is 2.58. The quantitative estimate of drug-likeness (QED) is 0.618. The Hall–Kier alpha value is -0.610. The topological polar surface area (TPSA) is 47.6 Å². The molecule has 1 N–H and O–H groups in total. The third kappa shape index (κ3) is 1.77. The van der Waals surface area contributed by atoms with Gasteiger partial charge in [-0.25, -0.2) is 0 Å². The zero-order valence-electron chi connectivity index (χ0n) is 8.54. The maximum Gasteiger partial charge on any atom is 0.322 e. The number of carbonyl (C=O) groups excluding carboxylic acids is 1. The Morgan fingerprint density at radius 1 is 1.50 bits per heavy atom. The van der Waals surface area contributed by atoms with Crippen molar-refractivity contribution in [3.05, 3.63) is 0 Å². The molecule has 0 saturated carbocycles. The van der Waals surface area contributed by atoms with E-state index < -0.39 is 0 Å². The normalized spacial score (nSPS) is 30.5. The maximum absolute atomic E-state index is 11.3. The maximum atomic E-state index is 11.3. The molecule has 0 bridgehead atoms. The molecule has 14 heavy (non-hydrogen) atoms. The van der Waals surface area contributed by atoms with E-state index in [2.05, 4.69) is 5.32 Å². The van der Waals surface area contributed by atoms with Gasteiger partial charge in [-0.3, -0.25) is 4.79 Å². The van der Waals surface area contributed by atoms with Gasteiger partial charge in [0, 0.05) is 19.8 Å². The number of methoxy groups -OCH3 is 1. The second kappa shape index (κ2) is 3.87. The molecule has 2 saturated heterocycles. The Morgan fingerprint density at radius 3 is 2.86 bits per heavy atom. The number of nitrogens with one attached hydrogen (secondary N) is 1. The lowest BCUT2D eigenvalue weighted by Gasteiger charge is -2.32. The first-order chi connectivity index (χ1) is 6.76. The van der Waals surface area contributed by atoms with Crippen LogP contribution in [-0.4, -0.2) is 38.9 Å². The summed E-state index contributed by atoms with van der Waals surface area (Å²) < 4.78 is 10.1. The molecular formula is C10H17NO3. The highest BCUT2D eigenvalue weighted by molar-refractivity contribution is 5.76. The predicted molar refractivity (Wildman–Crippen MR) is 50.9 cm³/mol. The van der Waals surface area contributed by atoms with E-state index in [-0.39, 0.29) is 17.4 Å². The Balaban J connectivity index is 1.95. The summed E-state index contributed by atoms with van der Waals surface area (Å²) >= 11 is 0. The lowest BCUT2D eigenvalue weighted by molar-refractivity contribution is -0.143. The van der Waals surface area contributed by atoms with Crippen LogP contribution in [0.15, 0.2) is 0 Å². The standard InChI is InChI=1S/C10H17NO3/c1-13-9(12)8-6-10(7-11-8)2-4-14-5-3-10/h8,11H,2-7H2,1H3. The number of esters is 1. The summed E-state index contributed by atoms with van der Waals surface area (Å²) in [5.41, 5.74) is 0.289. The number of carbonyl (C=O) groups is 1. The zero-order chi connectivity index (χ0) is 10.0. The van der Waals surface area contributed by atoms with Crippen molar-refractivity contribution in [2.75, 3.05) is 26.9 Å². The molecule has 1 unspecified atom stereocenters. The lowest BCUT2D eigenvalue weighted by atomic mass is 9.78. The van der Waals surface area contributed by atoms with Gasteiger partial charge in [0.05, 0.1) is 7.11 Å². The first kappa shape index (κ1) is 9.93. The highest BCUT2D eigenvalue weighted by Crippen LogP contribution is 2.38. The van der Waals surface area contributed by atoms with Gasteiger partial charge < -0.3 is 14.8 Å². The van der Waals surface area contributed by atoms with Crippen molar-refractivity contribution in [1.29, 1.82) is 0 Å². The zero-order valence-corrected chi connectivity index (χ0v) is 8.54. The van der Waals surface area contributed by atoms with E-state index in [0.717, 1.165) is 39.0 Å². The van der Waals surface area contributed by atoms with Crippen LogP contribution in [0.5, 0.6) is 0 Å². The van der Waals surface area contributed by atoms with Crippen LogP contribution < -0.4 is 5.32 Å². The van der Waals surface area contributed by atoms with Crippen molar-refractivity contribution in [2.45, 2.75) is 25.3 Å². The number of ether oxygens (including phenoxy) is 2. The molecule has 0 amide bonds. The minimum absolute atomic E-state index is 0.0990. The second-order valence-corrected chi connectivity index (χ2v) is 4.27. The van der Waals surface area contributed by atoms with Crippen molar-refractivity contribution in [3.8, 4) is 0 Å². The predicted octanol–water partition coefficient (Wildman–Crippen LogP) is 0.318. The van der Waals surface area contributed by atoms with Gasteiger partial charge in [-0.05, 0) is 24.7 Å². The first-order valence-electron chi connectivity index (χ1n) is 5.15. The molecule has 0 aliphatic carbocycles. The van der Waals surface area contributed by atoms with Crippen LogP contribution >= 0.6 is 0 Å². The van der Waals surface area contributed by atoms with Crippen LogP contribution in [0.3, 0.4) is 0 Å². The van der Waals surface area contributed by atoms with Gasteiger partial charge >= 0.3 is 5.97 Å². The van der Waals surface area contributed by atoms with Gasteiger partial charge in [0.2, 0.25) is 0 Å². The molecule has 0 radical (unpaired) electrons. The fourth-order valence-corrected chi connectivity index (χ4v) is 2.41. The first-order valence-corrected chi connectivity index (χ1v) is 5.15. The monoisotopic (exact) mass is 199 g/mol. The summed E-state index contributed by atoms with van der Waals surface area (Å²) in [4.78, 5) is 11.3. The van der Waals surface area contributed by atoms with E-state index in [1.54, 1.807) is 0 Å². The van der Waals surface area contributed by atoms with E-state index in [1.807, 2.05) is 0 Å². The molecule has 4 heteroatoms. The summed E-state index contributed by atoms with van der Waals surface area (Å²) in [5.74, 6) is -0.131. The molecule has 2 heterocycles. The molecule has 2 rings (SSSR count). The molecule has 0 aromatic carbocycles. The van der Waals surface area contributed by atoms with E-state index in [4.69, 9.17) is 9.47 Å². The van der Waals surface area contributed by atoms with Gasteiger partial charge in [-0.1, -0.05) is 0 Å². The van der Waals surface area contributed by atoms with Gasteiger partial charge in [-0.2, -0.15) is 0 Å². The Kier molecular flexibility index (Phi) is 2.74. The molecule has 1 spiro atoms. The molecule has 0 aromatic heterocycles. The van der Waals surface area contributed by atoms with Crippen molar-refractivity contribution in [3.63, 3.8) is 0 Å². The van der Waals surface area contributed by atoms with Crippen molar-refractivity contribution in [1.82, 2.24) is 5.32 Å². The highest BCUT2D eigenvalue weighted by Gasteiger charge is 2.42. The lowest BCUT2D eigenvalue weighted by Crippen LogP contribution is -2.31. The smallest absolute Gasteiger partial charge is 0.322 e. The van der Waals surface area contributed by atoms with Crippen molar-refractivity contribution >= 4 is 5.97 Å². The van der Waals surface area contributed by atoms with Crippen LogP contribution in [0.4, 0.5) is 0 Å². The Labute approximate surface area is 84.0 Å². The van der Waals surface area contributed by atoms with Crippen LogP contribution in [0.25, 0.3) is 0 Å². The summed E-state index contributed by atoms with van der Waals surface area (Å²) in [5, 5.41) is 3.24. The molecule has 0 aromatic rings. The van der Waals surface area contributed by atoms with Crippen molar-refractivity contribution in [2.24, 2.45) is 5.41 Å². The molecule has 4 nitrogen and oxygen atoms in total. The third-order valence-corrected chi connectivity index (χ3v) is 3.40. The van der Waals surface area contributed by atoms with E-state index in [1.165, 1.54) is 7.11 Å². The van der Waals surface area contributed by atoms with Crippen LogP contribution in [0.2, 0.25) is 0 Å². The fourth-order valence-electron chi connectivity index (χ4n) is 2.41. The fraction of sp³-hybridized carbons (Fsp3) is 0.900. The van der Waals surface area contributed by atoms with Gasteiger partial charge in [-0.15, -0.1) is 0 Å². The molecule has 80 valence electrons. The number of hydrogen-bond acceptors (Lipinski definition) is 4. The van der Waals surface area contributed by atoms with Crippen LogP contribution in [0.1, 0.15) is 19.3 Å². The highest BCUT2D eigenvalue weighted by atomic mass is 16.5. The van der Waals surface area contributed by atoms with Gasteiger partial charge in [0.15, 0.2) is 0 Å². The summed E-state index contributed by atoms with van der Waals surface area (Å²) in [7, 11) is 1.44. The molecule has 2 aliphatic rings. The van der Waals surface area contributed by atoms with Crippen LogP contribution in [-0.2, 0) is 14.3 Å². The largest absolute Gasteiger partial charge is 0.468 e. The Bertz CT molecular complexity index is 223. The van der Waals surface area contributed by atoms with E-state index in [0.29, 0.717) is 0 Å². The van der Waals surface area contributed by atoms with Crippen LogP contribution in [0, 0.1) is 5.41 Å². The minimum atomic E-state index is -0.131. The van der Waals surface area contributed by atoms with E-state index >= 15 is 0 Å². The molecule has 2 aliphatic heterocycles. The molecule has 1 atom stereocenters. The minimum Gasteiger partial charge on any atom is -0.468 e. The van der Waals surface area contributed by atoms with Gasteiger partial charge in [0.1, 0.15) is 6.04 Å². The molecular weight excluding hydrogens is 182 g/mol. The Morgan fingerprint density at radius 2 is 2.21 bits per heavy atom. The SMILES string of the molecule is COC(=O)C1CC2(CCOCC2)CN1. The third-order valence-electron chi connectivity index (χ3n) is 3.40. The summed E-state index contributed by atoms with van der Waals surface area (Å²) in [6, 6.07) is -0.0990. The summed E-state index contributed by atoms with van der Waals surface area (Å²) in [6.07, 6.45) is 3.03. The van der Waals surface area contributed by atoms with E-state index in [9.17, 15) is 4.79 Å². The average molecular weight is 199 g/mol. The molecule has 2 fully saturated rings. The second-order valence-electron chi connectivity index (χ2n) is 4.27. The van der Waals surface area contributed by atoms with Gasteiger partial charge in [0.25, 0.3) is 0 Å². The number of rotatable bonds is 1. The number of hydrogen-bond donors (Lipinski definition) is 1.